The summed E-state index contributed by atoms with van der Waals surface area (Å²) in [6.45, 7) is 2.04. The van der Waals surface area contributed by atoms with Crippen LogP contribution in [0.15, 0.2) is 12.3 Å². The Morgan fingerprint density at radius 1 is 1.64 bits per heavy atom. The third kappa shape index (κ3) is 2.35. The van der Waals surface area contributed by atoms with Crippen molar-refractivity contribution in [2.75, 3.05) is 13.7 Å². The molecule has 1 heterocycles. The van der Waals surface area contributed by atoms with E-state index in [1.165, 1.54) is 19.4 Å². The maximum atomic E-state index is 11.2. The molecule has 14 heavy (non-hydrogen) atoms. The number of rotatable bonds is 3. The number of esters is 1. The molecule has 0 radical (unpaired) electrons. The van der Waals surface area contributed by atoms with Crippen LogP contribution in [-0.4, -0.2) is 24.7 Å². The molecular formula is C9H10ClNO3. The lowest BCUT2D eigenvalue weighted by Gasteiger charge is -2.04. The number of carbonyl (C=O) groups excluding carboxylic acids is 1. The molecule has 0 unspecified atom stereocenters. The van der Waals surface area contributed by atoms with Crippen LogP contribution in [0, 0.1) is 0 Å². The Kier molecular flexibility index (Phi) is 3.71. The Morgan fingerprint density at radius 3 is 2.93 bits per heavy atom. The summed E-state index contributed by atoms with van der Waals surface area (Å²) in [6, 6.07) is 1.44. The molecule has 0 fully saturated rings. The fraction of sp³-hybridized carbons (Fsp3) is 0.333. The number of nitrogens with zero attached hydrogens (tertiary/aromatic N) is 1. The number of pyridine rings is 1. The Hall–Kier alpha value is -1.29. The number of aromatic nitrogens is 1. The summed E-state index contributed by atoms with van der Waals surface area (Å²) in [4.78, 5) is 15.1. The zero-order valence-electron chi connectivity index (χ0n) is 7.91. The fourth-order valence-corrected chi connectivity index (χ4v) is 1.07. The van der Waals surface area contributed by atoms with Gasteiger partial charge in [-0.2, -0.15) is 0 Å². The number of carbonyl (C=O) groups is 1. The summed E-state index contributed by atoms with van der Waals surface area (Å²) in [5.41, 5.74) is 0.188. The minimum atomic E-state index is -0.484. The summed E-state index contributed by atoms with van der Waals surface area (Å²) in [6.07, 6.45) is 1.35. The lowest BCUT2D eigenvalue weighted by molar-refractivity contribution is 0.0519. The van der Waals surface area contributed by atoms with Gasteiger partial charge < -0.3 is 9.47 Å². The molecule has 5 heteroatoms. The number of methoxy groups -OCH3 is 1. The molecule has 0 aliphatic carbocycles. The number of hydrogen-bond donors (Lipinski definition) is 0. The van der Waals surface area contributed by atoms with E-state index in [4.69, 9.17) is 21.1 Å². The highest BCUT2D eigenvalue weighted by atomic mass is 35.5. The first-order valence-corrected chi connectivity index (χ1v) is 4.43. The van der Waals surface area contributed by atoms with E-state index in [1.54, 1.807) is 6.92 Å². The fourth-order valence-electron chi connectivity index (χ4n) is 0.893. The lowest BCUT2D eigenvalue weighted by Crippen LogP contribution is -2.07. The summed E-state index contributed by atoms with van der Waals surface area (Å²) in [5, 5.41) is 0.362. The summed E-state index contributed by atoms with van der Waals surface area (Å²) in [5.74, 6) is -0.0767. The van der Waals surface area contributed by atoms with E-state index in [2.05, 4.69) is 4.98 Å². The predicted octanol–water partition coefficient (Wildman–Crippen LogP) is 1.92. The zero-order chi connectivity index (χ0) is 10.6. The molecule has 1 rings (SSSR count). The van der Waals surface area contributed by atoms with E-state index >= 15 is 0 Å². The first-order chi connectivity index (χ1) is 6.69. The quantitative estimate of drug-likeness (QED) is 0.723. The second kappa shape index (κ2) is 4.81. The van der Waals surface area contributed by atoms with Gasteiger partial charge in [-0.3, -0.25) is 0 Å². The van der Waals surface area contributed by atoms with E-state index in [0.29, 0.717) is 17.4 Å². The van der Waals surface area contributed by atoms with Crippen molar-refractivity contribution in [3.05, 3.63) is 23.0 Å². The summed E-state index contributed by atoms with van der Waals surface area (Å²) in [7, 11) is 1.47. The van der Waals surface area contributed by atoms with Gasteiger partial charge in [0, 0.05) is 6.07 Å². The average Bonchev–Trinajstić information content (AvgIpc) is 2.19. The monoisotopic (exact) mass is 215 g/mol. The van der Waals surface area contributed by atoms with E-state index in [9.17, 15) is 4.79 Å². The molecule has 0 bridgehead atoms. The van der Waals surface area contributed by atoms with Crippen LogP contribution in [0.25, 0.3) is 0 Å². The van der Waals surface area contributed by atoms with Crippen molar-refractivity contribution in [1.29, 1.82) is 0 Å². The van der Waals surface area contributed by atoms with E-state index in [0.717, 1.165) is 0 Å². The van der Waals surface area contributed by atoms with Gasteiger partial charge in [0.05, 0.1) is 19.9 Å². The highest BCUT2D eigenvalue weighted by molar-refractivity contribution is 6.32. The first kappa shape index (κ1) is 10.8. The molecule has 0 aliphatic heterocycles. The molecule has 4 nitrogen and oxygen atoms in total. The van der Waals surface area contributed by atoms with Crippen LogP contribution >= 0.6 is 11.6 Å². The Balaban J connectivity index is 2.94. The van der Waals surface area contributed by atoms with Gasteiger partial charge in [-0.1, -0.05) is 11.6 Å². The maximum absolute atomic E-state index is 11.2. The molecule has 0 saturated heterocycles. The van der Waals surface area contributed by atoms with Crippen molar-refractivity contribution in [3.8, 4) is 5.75 Å². The Morgan fingerprint density at radius 2 is 2.36 bits per heavy atom. The molecule has 0 atom stereocenters. The summed E-state index contributed by atoms with van der Waals surface area (Å²) >= 11 is 5.74. The van der Waals surface area contributed by atoms with Crippen LogP contribution in [0.1, 0.15) is 17.4 Å². The third-order valence-electron chi connectivity index (χ3n) is 1.52. The smallest absolute Gasteiger partial charge is 0.357 e. The SMILES string of the molecule is CCOC(=O)c1cc(OC)c(Cl)cn1. The largest absolute Gasteiger partial charge is 0.495 e. The first-order valence-electron chi connectivity index (χ1n) is 4.05. The van der Waals surface area contributed by atoms with Crippen LogP contribution in [0.5, 0.6) is 5.75 Å². The predicted molar refractivity (Wildman–Crippen MR) is 51.8 cm³/mol. The molecule has 1 aromatic rings. The van der Waals surface area contributed by atoms with Crippen LogP contribution in [-0.2, 0) is 4.74 Å². The van der Waals surface area contributed by atoms with Gasteiger partial charge in [-0.25, -0.2) is 9.78 Å². The van der Waals surface area contributed by atoms with Crippen molar-refractivity contribution in [1.82, 2.24) is 4.98 Å². The highest BCUT2D eigenvalue weighted by Crippen LogP contribution is 2.23. The molecule has 0 amide bonds. The van der Waals surface area contributed by atoms with E-state index < -0.39 is 5.97 Å². The van der Waals surface area contributed by atoms with Crippen LogP contribution in [0.2, 0.25) is 5.02 Å². The highest BCUT2D eigenvalue weighted by Gasteiger charge is 2.11. The molecule has 0 aromatic carbocycles. The Labute approximate surface area is 86.8 Å². The molecule has 1 aromatic heterocycles. The molecule has 0 spiro atoms. The van der Waals surface area contributed by atoms with E-state index in [-0.39, 0.29) is 5.69 Å². The van der Waals surface area contributed by atoms with Gasteiger partial charge in [0.1, 0.15) is 10.8 Å². The van der Waals surface area contributed by atoms with Gasteiger partial charge in [0.2, 0.25) is 0 Å². The average molecular weight is 216 g/mol. The van der Waals surface area contributed by atoms with Gasteiger partial charge in [0.15, 0.2) is 5.69 Å². The van der Waals surface area contributed by atoms with Gasteiger partial charge in [0.25, 0.3) is 0 Å². The van der Waals surface area contributed by atoms with Crippen LogP contribution in [0.3, 0.4) is 0 Å². The minimum Gasteiger partial charge on any atom is -0.495 e. The third-order valence-corrected chi connectivity index (χ3v) is 1.81. The normalized spacial score (nSPS) is 9.64. The van der Waals surface area contributed by atoms with Gasteiger partial charge in [-0.15, -0.1) is 0 Å². The van der Waals surface area contributed by atoms with Crippen molar-refractivity contribution < 1.29 is 14.3 Å². The number of ether oxygens (including phenoxy) is 2. The lowest BCUT2D eigenvalue weighted by atomic mass is 10.3. The topological polar surface area (TPSA) is 48.4 Å². The van der Waals surface area contributed by atoms with Gasteiger partial charge in [-0.05, 0) is 6.92 Å². The van der Waals surface area contributed by atoms with Crippen molar-refractivity contribution in [2.45, 2.75) is 6.92 Å². The second-order valence-electron chi connectivity index (χ2n) is 2.42. The standard InChI is InChI=1S/C9H10ClNO3/c1-3-14-9(12)7-4-8(13-2)6(10)5-11-7/h4-5H,3H2,1-2H3. The molecule has 76 valence electrons. The molecule has 0 aliphatic rings. The number of hydrogen-bond acceptors (Lipinski definition) is 4. The molecule has 0 saturated carbocycles. The molecular weight excluding hydrogens is 206 g/mol. The zero-order valence-corrected chi connectivity index (χ0v) is 8.67. The second-order valence-corrected chi connectivity index (χ2v) is 2.83. The molecule has 0 N–H and O–H groups in total. The van der Waals surface area contributed by atoms with Crippen molar-refractivity contribution in [2.24, 2.45) is 0 Å². The van der Waals surface area contributed by atoms with Crippen LogP contribution < -0.4 is 4.74 Å². The van der Waals surface area contributed by atoms with Crippen molar-refractivity contribution in [3.63, 3.8) is 0 Å². The Bertz CT molecular complexity index is 341. The minimum absolute atomic E-state index is 0.188. The van der Waals surface area contributed by atoms with E-state index in [1.807, 2.05) is 0 Å². The van der Waals surface area contributed by atoms with Gasteiger partial charge >= 0.3 is 5.97 Å². The maximum Gasteiger partial charge on any atom is 0.357 e. The van der Waals surface area contributed by atoms with Crippen LogP contribution in [0.4, 0.5) is 0 Å². The number of halogens is 1. The van der Waals surface area contributed by atoms with Crippen molar-refractivity contribution >= 4 is 17.6 Å². The summed E-state index contributed by atoms with van der Waals surface area (Å²) < 4.78 is 9.70.